The second-order valence-corrected chi connectivity index (χ2v) is 6.31. The van der Waals surface area contributed by atoms with Gasteiger partial charge in [0.25, 0.3) is 0 Å². The molecular weight excluding hydrogens is 292 g/mol. The summed E-state index contributed by atoms with van der Waals surface area (Å²) in [5, 5.41) is 3.52. The summed E-state index contributed by atoms with van der Waals surface area (Å²) in [7, 11) is 3.43. The molecule has 1 fully saturated rings. The van der Waals surface area contributed by atoms with Crippen molar-refractivity contribution in [2.45, 2.75) is 38.8 Å². The van der Waals surface area contributed by atoms with E-state index in [1.54, 1.807) is 19.0 Å². The van der Waals surface area contributed by atoms with Crippen molar-refractivity contribution in [3.8, 4) is 0 Å². The lowest BCUT2D eigenvalue weighted by Gasteiger charge is -2.22. The largest absolute Gasteiger partial charge is 0.347 e. The number of aryl methyl sites for hydroxylation is 1. The van der Waals surface area contributed by atoms with Crippen LogP contribution in [0.3, 0.4) is 0 Å². The Morgan fingerprint density at radius 3 is 2.91 bits per heavy atom. The number of amides is 2. The molecule has 1 unspecified atom stereocenters. The molecule has 1 aliphatic heterocycles. The second-order valence-electron chi connectivity index (χ2n) is 6.31. The maximum absolute atomic E-state index is 12.2. The predicted molar refractivity (Wildman–Crippen MR) is 88.7 cm³/mol. The molecule has 0 spiro atoms. The van der Waals surface area contributed by atoms with Gasteiger partial charge in [-0.1, -0.05) is 0 Å². The van der Waals surface area contributed by atoms with Crippen molar-refractivity contribution >= 4 is 11.8 Å². The van der Waals surface area contributed by atoms with Crippen LogP contribution in [0, 0.1) is 6.92 Å². The summed E-state index contributed by atoms with van der Waals surface area (Å²) < 4.78 is 0. The molecule has 1 N–H and O–H groups in total. The number of likely N-dealkylation sites (tertiary alicyclic amines) is 1. The molecule has 0 aliphatic carbocycles. The first-order chi connectivity index (χ1) is 11.0. The third-order valence-electron chi connectivity index (χ3n) is 4.19. The maximum Gasteiger partial charge on any atom is 0.241 e. The Bertz CT molecular complexity index is 559. The molecule has 1 aromatic rings. The van der Waals surface area contributed by atoms with E-state index in [-0.39, 0.29) is 18.4 Å². The first-order valence-electron chi connectivity index (χ1n) is 8.08. The maximum atomic E-state index is 12.2. The second kappa shape index (κ2) is 8.06. The molecular formula is C17H26N4O2. The lowest BCUT2D eigenvalue weighted by atomic mass is 10.1. The fraction of sp³-hybridized carbons (Fsp3) is 0.588. The van der Waals surface area contributed by atoms with Gasteiger partial charge in [-0.2, -0.15) is 0 Å². The van der Waals surface area contributed by atoms with Crippen LogP contribution in [0.15, 0.2) is 18.3 Å². The highest BCUT2D eigenvalue weighted by Gasteiger charge is 2.24. The number of hydrogen-bond acceptors (Lipinski definition) is 4. The van der Waals surface area contributed by atoms with Crippen LogP contribution in [0.2, 0.25) is 0 Å². The molecule has 126 valence electrons. The van der Waals surface area contributed by atoms with Crippen molar-refractivity contribution in [2.24, 2.45) is 0 Å². The Morgan fingerprint density at radius 2 is 2.22 bits per heavy atom. The van der Waals surface area contributed by atoms with E-state index in [1.165, 1.54) is 10.5 Å². The van der Waals surface area contributed by atoms with Crippen molar-refractivity contribution in [3.05, 3.63) is 29.6 Å². The molecule has 6 heteroatoms. The van der Waals surface area contributed by atoms with E-state index in [2.05, 4.69) is 16.4 Å². The van der Waals surface area contributed by atoms with E-state index in [4.69, 9.17) is 0 Å². The number of hydrogen-bond donors (Lipinski definition) is 1. The number of carbonyl (C=O) groups is 2. The summed E-state index contributed by atoms with van der Waals surface area (Å²) in [5.41, 5.74) is 2.21. The molecule has 0 aromatic carbocycles. The van der Waals surface area contributed by atoms with Crippen LogP contribution in [0.1, 0.15) is 30.5 Å². The van der Waals surface area contributed by atoms with E-state index < -0.39 is 0 Å². The average molecular weight is 318 g/mol. The zero-order valence-corrected chi connectivity index (χ0v) is 14.2. The highest BCUT2D eigenvalue weighted by atomic mass is 16.2. The van der Waals surface area contributed by atoms with Gasteiger partial charge in [0.15, 0.2) is 0 Å². The van der Waals surface area contributed by atoms with Crippen molar-refractivity contribution < 1.29 is 9.59 Å². The van der Waals surface area contributed by atoms with E-state index in [1.807, 2.05) is 19.2 Å². The zero-order chi connectivity index (χ0) is 16.8. The molecule has 6 nitrogen and oxygen atoms in total. The zero-order valence-electron chi connectivity index (χ0n) is 14.2. The quantitative estimate of drug-likeness (QED) is 0.878. The van der Waals surface area contributed by atoms with Crippen molar-refractivity contribution in [1.29, 1.82) is 0 Å². The van der Waals surface area contributed by atoms with E-state index in [0.717, 1.165) is 25.1 Å². The average Bonchev–Trinajstić information content (AvgIpc) is 2.68. The molecule has 0 saturated carbocycles. The Hall–Kier alpha value is -1.95. The van der Waals surface area contributed by atoms with Crippen LogP contribution < -0.4 is 5.32 Å². The molecule has 2 heterocycles. The first-order valence-corrected chi connectivity index (χ1v) is 8.08. The molecule has 0 bridgehead atoms. The predicted octanol–water partition coefficient (Wildman–Crippen LogP) is 0.949. The highest BCUT2D eigenvalue weighted by molar-refractivity contribution is 5.84. The third kappa shape index (κ3) is 5.32. The Labute approximate surface area is 137 Å². The van der Waals surface area contributed by atoms with Gasteiger partial charge in [0.1, 0.15) is 0 Å². The molecule has 2 amide bonds. The summed E-state index contributed by atoms with van der Waals surface area (Å²) in [6, 6.07) is 4.37. The lowest BCUT2D eigenvalue weighted by Crippen LogP contribution is -2.40. The summed E-state index contributed by atoms with van der Waals surface area (Å²) in [6.45, 7) is 3.57. The fourth-order valence-corrected chi connectivity index (χ4v) is 2.69. The lowest BCUT2D eigenvalue weighted by molar-refractivity contribution is -0.138. The van der Waals surface area contributed by atoms with Gasteiger partial charge in [-0.25, -0.2) is 0 Å². The smallest absolute Gasteiger partial charge is 0.241 e. The monoisotopic (exact) mass is 318 g/mol. The van der Waals surface area contributed by atoms with Gasteiger partial charge in [0.2, 0.25) is 11.8 Å². The summed E-state index contributed by atoms with van der Waals surface area (Å²) >= 11 is 0. The standard InChI is InChI=1S/C17H26N4O2/c1-13-10-14(6-8-18-13)11-19-15-4-5-16(22)21(9-7-15)12-17(23)20(2)3/h6,8,10,15,19H,4-5,7,9,11-12H2,1-3H3. The fourth-order valence-electron chi connectivity index (χ4n) is 2.69. The van der Waals surface area contributed by atoms with Gasteiger partial charge in [0, 0.05) is 51.5 Å². The van der Waals surface area contributed by atoms with Crippen LogP contribution >= 0.6 is 0 Å². The Kier molecular flexibility index (Phi) is 6.10. The third-order valence-corrected chi connectivity index (χ3v) is 4.19. The molecule has 1 saturated heterocycles. The van der Waals surface area contributed by atoms with Crippen molar-refractivity contribution in [3.63, 3.8) is 0 Å². The minimum atomic E-state index is -0.0305. The van der Waals surface area contributed by atoms with Crippen LogP contribution in [0.5, 0.6) is 0 Å². The van der Waals surface area contributed by atoms with Crippen LogP contribution in [-0.4, -0.2) is 59.8 Å². The topological polar surface area (TPSA) is 65.5 Å². The number of rotatable bonds is 5. The summed E-state index contributed by atoms with van der Waals surface area (Å²) in [5.74, 6) is 0.0428. The molecule has 23 heavy (non-hydrogen) atoms. The minimum Gasteiger partial charge on any atom is -0.347 e. The van der Waals surface area contributed by atoms with E-state index in [9.17, 15) is 9.59 Å². The number of nitrogens with zero attached hydrogens (tertiary/aromatic N) is 3. The highest BCUT2D eigenvalue weighted by Crippen LogP contribution is 2.13. The van der Waals surface area contributed by atoms with Gasteiger partial charge in [0.05, 0.1) is 6.54 Å². The number of likely N-dealkylation sites (N-methyl/N-ethyl adjacent to an activating group) is 1. The first kappa shape index (κ1) is 17.4. The van der Waals surface area contributed by atoms with Crippen LogP contribution in [0.25, 0.3) is 0 Å². The van der Waals surface area contributed by atoms with Gasteiger partial charge in [-0.3, -0.25) is 14.6 Å². The Balaban J connectivity index is 1.85. The number of carbonyl (C=O) groups excluding carboxylic acids is 2. The Morgan fingerprint density at radius 1 is 1.43 bits per heavy atom. The number of aromatic nitrogens is 1. The number of pyridine rings is 1. The molecule has 2 rings (SSSR count). The molecule has 1 aromatic heterocycles. The summed E-state index contributed by atoms with van der Waals surface area (Å²) in [4.78, 5) is 31.4. The van der Waals surface area contributed by atoms with Crippen molar-refractivity contribution in [1.82, 2.24) is 20.1 Å². The normalized spacial score (nSPS) is 18.7. The van der Waals surface area contributed by atoms with E-state index in [0.29, 0.717) is 19.0 Å². The molecule has 0 radical (unpaired) electrons. The van der Waals surface area contributed by atoms with Crippen LogP contribution in [0.4, 0.5) is 0 Å². The van der Waals surface area contributed by atoms with Gasteiger partial charge >= 0.3 is 0 Å². The van der Waals surface area contributed by atoms with Crippen LogP contribution in [-0.2, 0) is 16.1 Å². The minimum absolute atomic E-state index is 0.0305. The van der Waals surface area contributed by atoms with Crippen molar-refractivity contribution in [2.75, 3.05) is 27.2 Å². The van der Waals surface area contributed by atoms with Gasteiger partial charge < -0.3 is 15.1 Å². The molecule has 1 aliphatic rings. The van der Waals surface area contributed by atoms with E-state index >= 15 is 0 Å². The molecule has 1 atom stereocenters. The van der Waals surface area contributed by atoms with Gasteiger partial charge in [-0.05, 0) is 37.5 Å². The SMILES string of the molecule is Cc1cc(CNC2CCC(=O)N(CC(=O)N(C)C)CC2)ccn1. The number of nitrogens with one attached hydrogen (secondary N) is 1. The van der Waals surface area contributed by atoms with Gasteiger partial charge in [-0.15, -0.1) is 0 Å². The summed E-state index contributed by atoms with van der Waals surface area (Å²) in [6.07, 6.45) is 4.00.